The Labute approximate surface area is 135 Å². The minimum absolute atomic E-state index is 0.494. The first-order chi connectivity index (χ1) is 11.0. The van der Waals surface area contributed by atoms with Crippen LogP contribution in [-0.4, -0.2) is 42.2 Å². The zero-order chi connectivity index (χ0) is 16.9. The highest BCUT2D eigenvalue weighted by atomic mass is 31.2. The highest BCUT2D eigenvalue weighted by Crippen LogP contribution is 2.49. The van der Waals surface area contributed by atoms with Crippen molar-refractivity contribution < 1.29 is 18.6 Å². The molecule has 3 unspecified atom stereocenters. The number of esters is 1. The Bertz CT molecular complexity index is 675. The van der Waals surface area contributed by atoms with E-state index in [0.717, 1.165) is 5.56 Å². The van der Waals surface area contributed by atoms with Crippen molar-refractivity contribution in [1.29, 1.82) is 0 Å². The summed E-state index contributed by atoms with van der Waals surface area (Å²) in [6.45, 7) is 1.48. The van der Waals surface area contributed by atoms with Crippen LogP contribution in [0, 0.1) is 0 Å². The number of ether oxygens (including phenoxy) is 1. The van der Waals surface area contributed by atoms with Crippen LogP contribution < -0.4 is 5.32 Å². The summed E-state index contributed by atoms with van der Waals surface area (Å²) in [6.07, 6.45) is 3.74. The fraction of sp³-hybridized carbons (Fsp3) is 0.333. The molecule has 0 saturated heterocycles. The van der Waals surface area contributed by atoms with E-state index in [2.05, 4.69) is 10.3 Å². The van der Waals surface area contributed by atoms with Gasteiger partial charge >= 0.3 is 5.97 Å². The maximum absolute atomic E-state index is 12.9. The van der Waals surface area contributed by atoms with Crippen molar-refractivity contribution in [3.63, 3.8) is 0 Å². The van der Waals surface area contributed by atoms with Crippen molar-refractivity contribution in [2.45, 2.75) is 12.1 Å². The maximum Gasteiger partial charge on any atom is 0.325 e. The van der Waals surface area contributed by atoms with E-state index in [1.165, 1.54) is 30.6 Å². The zero-order valence-electron chi connectivity index (χ0n) is 13.2. The molecule has 0 amide bonds. The number of nitrogens with one attached hydrogen (secondary N) is 1. The summed E-state index contributed by atoms with van der Waals surface area (Å²) in [6, 6.07) is 8.34. The van der Waals surface area contributed by atoms with Gasteiger partial charge in [-0.05, 0) is 12.6 Å². The molecule has 0 aliphatic carbocycles. The Morgan fingerprint density at radius 2 is 2.04 bits per heavy atom. The van der Waals surface area contributed by atoms with E-state index < -0.39 is 25.6 Å². The van der Waals surface area contributed by atoms with Crippen LogP contribution in [0.2, 0.25) is 0 Å². The van der Waals surface area contributed by atoms with Gasteiger partial charge in [0.2, 0.25) is 0 Å². The number of hydrogen-bond donors (Lipinski definition) is 1. The molecule has 124 valence electrons. The third-order valence-corrected chi connectivity index (χ3v) is 5.11. The third kappa shape index (κ3) is 4.07. The lowest BCUT2D eigenvalue weighted by Crippen LogP contribution is -2.41. The van der Waals surface area contributed by atoms with Crippen LogP contribution in [0.3, 0.4) is 0 Å². The summed E-state index contributed by atoms with van der Waals surface area (Å²) in [7, 11) is -0.304. The molecule has 2 rings (SSSR count). The van der Waals surface area contributed by atoms with Gasteiger partial charge in [0.1, 0.15) is 18.5 Å². The molecule has 1 N–H and O–H groups in total. The minimum Gasteiger partial charge on any atom is -0.468 e. The molecule has 3 atom stereocenters. The Morgan fingerprint density at radius 1 is 1.35 bits per heavy atom. The minimum atomic E-state index is -3.23. The number of rotatable bonds is 7. The number of likely N-dealkylation sites (N-methyl/N-ethyl adjacent to an activating group) is 1. The first-order valence-electron chi connectivity index (χ1n) is 7.04. The van der Waals surface area contributed by atoms with Crippen LogP contribution >= 0.6 is 7.52 Å². The molecule has 0 spiro atoms. The van der Waals surface area contributed by atoms with Crippen molar-refractivity contribution in [1.82, 2.24) is 14.6 Å². The van der Waals surface area contributed by atoms with Crippen LogP contribution in [0.25, 0.3) is 0 Å². The SMILES string of the molecule is CNC(C(=O)OC)C(OP(C)(=O)n1ccnc1)c1ccccc1. The van der Waals surface area contributed by atoms with Crippen molar-refractivity contribution in [3.05, 3.63) is 54.6 Å². The Balaban J connectivity index is 2.38. The van der Waals surface area contributed by atoms with Gasteiger partial charge in [0.25, 0.3) is 7.52 Å². The zero-order valence-corrected chi connectivity index (χ0v) is 14.1. The molecule has 0 aliphatic heterocycles. The summed E-state index contributed by atoms with van der Waals surface area (Å²) in [5.74, 6) is -0.494. The van der Waals surface area contributed by atoms with Crippen LogP contribution in [0.4, 0.5) is 0 Å². The number of aromatic nitrogens is 2. The second-order valence-corrected chi connectivity index (χ2v) is 7.25. The average molecular weight is 337 g/mol. The topological polar surface area (TPSA) is 82.5 Å². The molecule has 23 heavy (non-hydrogen) atoms. The van der Waals surface area contributed by atoms with Crippen LogP contribution in [0.5, 0.6) is 0 Å². The van der Waals surface area contributed by atoms with Crippen molar-refractivity contribution >= 4 is 13.5 Å². The monoisotopic (exact) mass is 337 g/mol. The molecule has 0 radical (unpaired) electrons. The fourth-order valence-electron chi connectivity index (χ4n) is 2.21. The van der Waals surface area contributed by atoms with Gasteiger partial charge < -0.3 is 14.6 Å². The van der Waals surface area contributed by atoms with E-state index in [4.69, 9.17) is 9.26 Å². The van der Waals surface area contributed by atoms with Crippen LogP contribution in [-0.2, 0) is 18.6 Å². The molecular weight excluding hydrogens is 317 g/mol. The molecule has 0 saturated carbocycles. The molecule has 7 nitrogen and oxygen atoms in total. The smallest absolute Gasteiger partial charge is 0.325 e. The number of nitrogens with zero attached hydrogens (tertiary/aromatic N) is 2. The summed E-state index contributed by atoms with van der Waals surface area (Å²) in [4.78, 5) is 15.9. The van der Waals surface area contributed by atoms with E-state index in [0.29, 0.717) is 0 Å². The Hall–Kier alpha value is -1.95. The second kappa shape index (κ2) is 7.55. The third-order valence-electron chi connectivity index (χ3n) is 3.42. The molecule has 8 heteroatoms. The molecular formula is C15H20N3O4P. The lowest BCUT2D eigenvalue weighted by Gasteiger charge is -2.28. The van der Waals surface area contributed by atoms with E-state index in [1.807, 2.05) is 30.3 Å². The predicted octanol–water partition coefficient (Wildman–Crippen LogP) is 2.07. The van der Waals surface area contributed by atoms with Crippen LogP contribution in [0.1, 0.15) is 11.7 Å². The van der Waals surface area contributed by atoms with E-state index in [-0.39, 0.29) is 0 Å². The van der Waals surface area contributed by atoms with Gasteiger partial charge in [0, 0.05) is 19.1 Å². The number of carbonyl (C=O) groups is 1. The van der Waals surface area contributed by atoms with Crippen molar-refractivity contribution in [2.75, 3.05) is 20.8 Å². The van der Waals surface area contributed by atoms with Gasteiger partial charge in [-0.1, -0.05) is 30.3 Å². The molecule has 0 bridgehead atoms. The first kappa shape index (κ1) is 17.4. The van der Waals surface area contributed by atoms with Crippen molar-refractivity contribution in [2.24, 2.45) is 0 Å². The van der Waals surface area contributed by atoms with Gasteiger partial charge in [-0.15, -0.1) is 0 Å². The highest BCUT2D eigenvalue weighted by molar-refractivity contribution is 7.56. The Kier molecular flexibility index (Phi) is 5.71. The number of hydrogen-bond acceptors (Lipinski definition) is 6. The highest BCUT2D eigenvalue weighted by Gasteiger charge is 2.35. The molecule has 0 fully saturated rings. The van der Waals surface area contributed by atoms with E-state index >= 15 is 0 Å². The largest absolute Gasteiger partial charge is 0.468 e. The van der Waals surface area contributed by atoms with Crippen molar-refractivity contribution in [3.8, 4) is 0 Å². The van der Waals surface area contributed by atoms with Gasteiger partial charge in [0.15, 0.2) is 0 Å². The number of benzene rings is 1. The lowest BCUT2D eigenvalue weighted by atomic mass is 10.0. The normalized spacial score (nSPS) is 16.3. The summed E-state index contributed by atoms with van der Waals surface area (Å²) in [5, 5.41) is 2.87. The van der Waals surface area contributed by atoms with Gasteiger partial charge in [-0.25, -0.2) is 4.98 Å². The first-order valence-corrected chi connectivity index (χ1v) is 9.07. The molecule has 0 aliphatic rings. The summed E-state index contributed by atoms with van der Waals surface area (Å²) in [5.41, 5.74) is 0.722. The van der Waals surface area contributed by atoms with Crippen LogP contribution in [0.15, 0.2) is 49.1 Å². The standard InChI is InChI=1S/C15H20N3O4P/c1-16-13(15(19)21-2)14(12-7-5-4-6-8-12)22-23(3,20)18-10-9-17-11-18/h4-11,13-14,16H,1-3H3. The lowest BCUT2D eigenvalue weighted by molar-refractivity contribution is -0.145. The quantitative estimate of drug-likeness (QED) is 0.615. The van der Waals surface area contributed by atoms with Gasteiger partial charge in [-0.2, -0.15) is 0 Å². The molecule has 2 aromatic rings. The predicted molar refractivity (Wildman–Crippen MR) is 86.3 cm³/mol. The number of imidazole rings is 1. The fourth-order valence-corrected chi connectivity index (χ4v) is 3.53. The molecule has 1 aromatic carbocycles. The molecule has 1 heterocycles. The number of methoxy groups -OCH3 is 1. The van der Waals surface area contributed by atoms with E-state index in [9.17, 15) is 9.36 Å². The summed E-state index contributed by atoms with van der Waals surface area (Å²) < 4.78 is 25.0. The summed E-state index contributed by atoms with van der Waals surface area (Å²) >= 11 is 0. The van der Waals surface area contributed by atoms with Gasteiger partial charge in [-0.3, -0.25) is 13.7 Å². The average Bonchev–Trinajstić information content (AvgIpc) is 3.10. The molecule has 1 aromatic heterocycles. The van der Waals surface area contributed by atoms with E-state index in [1.54, 1.807) is 13.2 Å². The van der Waals surface area contributed by atoms with Gasteiger partial charge in [0.05, 0.1) is 7.11 Å². The Morgan fingerprint density at radius 3 is 2.57 bits per heavy atom. The number of carbonyl (C=O) groups excluding carboxylic acids is 1. The second-order valence-electron chi connectivity index (χ2n) is 4.97. The maximum atomic E-state index is 12.9.